The number of halogens is 2. The number of anilines is 3. The van der Waals surface area contributed by atoms with E-state index < -0.39 is 11.8 Å². The molecule has 3 heterocycles. The highest BCUT2D eigenvalue weighted by molar-refractivity contribution is 6.31. The molecule has 37 heavy (non-hydrogen) atoms. The van der Waals surface area contributed by atoms with Gasteiger partial charge in [0.05, 0.1) is 35.7 Å². The number of carbonyl (C=O) groups is 1. The standard InChI is InChI=1S/C25H22ClFN6O4/c1-14-2-4-16(36-14)11-30-33-25(34)32-22-9-18-21(10-23(22)37-17-6-7-35-12-17)28-13-29-24(18)31-15-3-5-20(27)19(26)8-15/h2-5,8-11,13,17H,6-7,12H2,1H3,(H,28,29,31)(H2,32,33,34)/b30-11+/t17-/m0/s1. The van der Waals surface area contributed by atoms with E-state index in [0.29, 0.717) is 52.8 Å². The van der Waals surface area contributed by atoms with Crippen LogP contribution < -0.4 is 20.8 Å². The fraction of sp³-hybridized carbons (Fsp3) is 0.200. The Morgan fingerprint density at radius 3 is 2.89 bits per heavy atom. The average molecular weight is 525 g/mol. The van der Waals surface area contributed by atoms with Crippen molar-refractivity contribution in [3.63, 3.8) is 0 Å². The van der Waals surface area contributed by atoms with Crippen molar-refractivity contribution in [2.24, 2.45) is 5.10 Å². The third kappa shape index (κ3) is 5.96. The molecule has 2 aromatic carbocycles. The molecule has 10 nitrogen and oxygen atoms in total. The van der Waals surface area contributed by atoms with Gasteiger partial charge in [0.1, 0.15) is 41.3 Å². The summed E-state index contributed by atoms with van der Waals surface area (Å²) in [7, 11) is 0. The predicted molar refractivity (Wildman–Crippen MR) is 137 cm³/mol. The smallest absolute Gasteiger partial charge is 0.339 e. The maximum atomic E-state index is 13.6. The molecule has 0 aliphatic carbocycles. The second-order valence-corrected chi connectivity index (χ2v) is 8.62. The van der Waals surface area contributed by atoms with Crippen molar-refractivity contribution in [1.29, 1.82) is 0 Å². The van der Waals surface area contributed by atoms with Crippen molar-refractivity contribution < 1.29 is 23.1 Å². The number of nitrogens with zero attached hydrogens (tertiary/aromatic N) is 3. The molecule has 12 heteroatoms. The predicted octanol–water partition coefficient (Wildman–Crippen LogP) is 5.39. The number of furan rings is 1. The topological polar surface area (TPSA) is 123 Å². The van der Waals surface area contributed by atoms with E-state index in [0.717, 1.165) is 12.2 Å². The van der Waals surface area contributed by atoms with E-state index in [1.54, 1.807) is 24.3 Å². The van der Waals surface area contributed by atoms with E-state index in [2.05, 4.69) is 31.1 Å². The first-order valence-corrected chi connectivity index (χ1v) is 11.7. The Labute approximate surface area is 215 Å². The largest absolute Gasteiger partial charge is 0.486 e. The van der Waals surface area contributed by atoms with E-state index in [-0.39, 0.29) is 11.1 Å². The number of carbonyl (C=O) groups excluding carboxylic acids is 1. The number of ether oxygens (including phenoxy) is 2. The van der Waals surface area contributed by atoms with E-state index in [9.17, 15) is 9.18 Å². The minimum Gasteiger partial charge on any atom is -0.486 e. The van der Waals surface area contributed by atoms with Crippen molar-refractivity contribution in [3.05, 3.63) is 71.2 Å². The number of aromatic nitrogens is 2. The molecule has 0 saturated carbocycles. The second-order valence-electron chi connectivity index (χ2n) is 8.22. The normalized spacial score (nSPS) is 15.3. The third-order valence-corrected chi connectivity index (χ3v) is 5.76. The van der Waals surface area contributed by atoms with Crippen LogP contribution in [-0.2, 0) is 4.74 Å². The lowest BCUT2D eigenvalue weighted by atomic mass is 10.1. The highest BCUT2D eigenvalue weighted by Gasteiger charge is 2.21. The molecule has 5 rings (SSSR count). The maximum Gasteiger partial charge on any atom is 0.339 e. The fourth-order valence-corrected chi connectivity index (χ4v) is 3.88. The van der Waals surface area contributed by atoms with Gasteiger partial charge in [-0.1, -0.05) is 11.6 Å². The van der Waals surface area contributed by atoms with E-state index >= 15 is 0 Å². The SMILES string of the molecule is Cc1ccc(/C=N/NC(=O)Nc2cc3c(Nc4ccc(F)c(Cl)c4)ncnc3cc2O[C@H]2CCOC2)o1. The van der Waals surface area contributed by atoms with Crippen LogP contribution in [0.4, 0.5) is 26.4 Å². The summed E-state index contributed by atoms with van der Waals surface area (Å²) in [6.07, 6.45) is 3.34. The Balaban J connectivity index is 1.43. The first kappa shape index (κ1) is 24.5. The molecule has 3 N–H and O–H groups in total. The lowest BCUT2D eigenvalue weighted by molar-refractivity contribution is 0.142. The Morgan fingerprint density at radius 2 is 2.14 bits per heavy atom. The molecule has 0 bridgehead atoms. The van der Waals surface area contributed by atoms with Crippen LogP contribution in [-0.4, -0.2) is 41.5 Å². The Morgan fingerprint density at radius 1 is 1.24 bits per heavy atom. The van der Waals surface area contributed by atoms with Gasteiger partial charge in [0.15, 0.2) is 0 Å². The Kier molecular flexibility index (Phi) is 7.15. The van der Waals surface area contributed by atoms with Gasteiger partial charge in [-0.05, 0) is 43.3 Å². The molecule has 2 aromatic heterocycles. The number of amides is 2. The molecule has 0 radical (unpaired) electrons. The number of hydrazone groups is 1. The number of aryl methyl sites for hydroxylation is 1. The van der Waals surface area contributed by atoms with E-state index in [1.165, 1.54) is 30.7 Å². The quantitative estimate of drug-likeness (QED) is 0.219. The molecule has 0 spiro atoms. The monoisotopic (exact) mass is 524 g/mol. The molecule has 0 unspecified atom stereocenters. The van der Waals surface area contributed by atoms with E-state index in [1.807, 2.05) is 6.92 Å². The van der Waals surface area contributed by atoms with Crippen molar-refractivity contribution in [3.8, 4) is 5.75 Å². The minimum absolute atomic E-state index is 0.0258. The van der Waals surface area contributed by atoms with Crippen molar-refractivity contribution in [2.75, 3.05) is 23.8 Å². The van der Waals surface area contributed by atoms with Gasteiger partial charge in [-0.3, -0.25) is 0 Å². The highest BCUT2D eigenvalue weighted by atomic mass is 35.5. The minimum atomic E-state index is -0.594. The van der Waals surface area contributed by atoms with Crippen LogP contribution in [0.25, 0.3) is 10.9 Å². The van der Waals surface area contributed by atoms with Gasteiger partial charge < -0.3 is 24.5 Å². The summed E-state index contributed by atoms with van der Waals surface area (Å²) in [4.78, 5) is 21.3. The van der Waals surface area contributed by atoms with Crippen LogP contribution in [0.3, 0.4) is 0 Å². The molecule has 1 fully saturated rings. The van der Waals surface area contributed by atoms with Gasteiger partial charge in [-0.25, -0.2) is 24.6 Å². The summed E-state index contributed by atoms with van der Waals surface area (Å²) < 4.78 is 30.5. The number of urea groups is 1. The second kappa shape index (κ2) is 10.8. The van der Waals surface area contributed by atoms with Crippen LogP contribution in [0.2, 0.25) is 5.02 Å². The zero-order valence-electron chi connectivity index (χ0n) is 19.6. The lowest BCUT2D eigenvalue weighted by Gasteiger charge is -2.18. The molecule has 1 aliphatic heterocycles. The number of fused-ring (bicyclic) bond motifs is 1. The Hall–Kier alpha value is -4.22. The number of rotatable bonds is 7. The van der Waals surface area contributed by atoms with Crippen LogP contribution in [0.15, 0.2) is 58.3 Å². The van der Waals surface area contributed by atoms with Gasteiger partial charge in [0.2, 0.25) is 0 Å². The summed E-state index contributed by atoms with van der Waals surface area (Å²) in [6.45, 7) is 2.85. The summed E-state index contributed by atoms with van der Waals surface area (Å²) >= 11 is 5.92. The zero-order valence-corrected chi connectivity index (χ0v) is 20.4. The fourth-order valence-electron chi connectivity index (χ4n) is 3.70. The Bertz CT molecular complexity index is 1470. The number of hydrogen-bond donors (Lipinski definition) is 3. The van der Waals surface area contributed by atoms with Gasteiger partial charge in [-0.15, -0.1) is 0 Å². The highest BCUT2D eigenvalue weighted by Crippen LogP contribution is 2.35. The zero-order chi connectivity index (χ0) is 25.8. The summed E-state index contributed by atoms with van der Waals surface area (Å²) in [5, 5.41) is 10.4. The first-order chi connectivity index (χ1) is 17.9. The number of nitrogens with one attached hydrogen (secondary N) is 3. The molecule has 190 valence electrons. The molecule has 2 amide bonds. The summed E-state index contributed by atoms with van der Waals surface area (Å²) in [5.74, 6) is 1.55. The first-order valence-electron chi connectivity index (χ1n) is 11.4. The maximum absolute atomic E-state index is 13.6. The van der Waals surface area contributed by atoms with Crippen LogP contribution in [0.1, 0.15) is 17.9 Å². The van der Waals surface area contributed by atoms with Crippen LogP contribution >= 0.6 is 11.6 Å². The van der Waals surface area contributed by atoms with Gasteiger partial charge >= 0.3 is 6.03 Å². The number of benzene rings is 2. The number of hydrogen-bond acceptors (Lipinski definition) is 8. The van der Waals surface area contributed by atoms with Crippen molar-refractivity contribution >= 4 is 51.9 Å². The summed E-state index contributed by atoms with van der Waals surface area (Å²) in [6, 6.07) is 10.6. The lowest BCUT2D eigenvalue weighted by Crippen LogP contribution is -2.25. The van der Waals surface area contributed by atoms with Crippen molar-refractivity contribution in [2.45, 2.75) is 19.4 Å². The summed E-state index contributed by atoms with van der Waals surface area (Å²) in [5.41, 5.74) is 3.88. The van der Waals surface area contributed by atoms with Crippen LogP contribution in [0.5, 0.6) is 5.75 Å². The van der Waals surface area contributed by atoms with Gasteiger partial charge in [0, 0.05) is 23.6 Å². The van der Waals surface area contributed by atoms with Gasteiger partial charge in [-0.2, -0.15) is 5.10 Å². The molecule has 1 atom stereocenters. The third-order valence-electron chi connectivity index (χ3n) is 5.47. The molecule has 1 saturated heterocycles. The average Bonchev–Trinajstić information content (AvgIpc) is 3.54. The molecule has 1 aliphatic rings. The molecule has 4 aromatic rings. The van der Waals surface area contributed by atoms with Gasteiger partial charge in [0.25, 0.3) is 0 Å². The van der Waals surface area contributed by atoms with E-state index in [4.69, 9.17) is 25.5 Å². The van der Waals surface area contributed by atoms with Crippen molar-refractivity contribution in [1.82, 2.24) is 15.4 Å². The molecular weight excluding hydrogens is 503 g/mol. The van der Waals surface area contributed by atoms with Crippen LogP contribution in [0, 0.1) is 12.7 Å². The molecular formula is C25H22ClFN6O4.